The number of amides is 1. The average Bonchev–Trinajstić information content (AvgIpc) is 3.37. The van der Waals surface area contributed by atoms with Crippen LogP contribution in [0.5, 0.6) is 5.75 Å². The molecule has 0 radical (unpaired) electrons. The molecule has 6 heteroatoms. The fourth-order valence-corrected chi connectivity index (χ4v) is 3.25. The van der Waals surface area contributed by atoms with Crippen LogP contribution in [-0.2, 0) is 12.8 Å². The summed E-state index contributed by atoms with van der Waals surface area (Å²) in [6, 6.07) is 17.1. The molecule has 138 valence electrons. The summed E-state index contributed by atoms with van der Waals surface area (Å²) in [7, 11) is 0. The molecule has 0 saturated carbocycles. The Hall–Kier alpha value is -3.12. The molecule has 0 fully saturated rings. The molecule has 2 heterocycles. The monoisotopic (exact) mass is 363 g/mol. The highest BCUT2D eigenvalue weighted by Gasteiger charge is 2.18. The zero-order valence-electron chi connectivity index (χ0n) is 14.8. The number of carbonyl (C=O) groups excluding carboxylic acids is 1. The van der Waals surface area contributed by atoms with Crippen molar-refractivity contribution in [1.82, 2.24) is 15.5 Å². The molecule has 1 aromatic heterocycles. The number of fused-ring (bicyclic) bond motifs is 1. The van der Waals surface area contributed by atoms with E-state index in [1.54, 1.807) is 6.07 Å². The molecular formula is C21H21N3O3. The van der Waals surface area contributed by atoms with Crippen molar-refractivity contribution >= 4 is 5.91 Å². The third kappa shape index (κ3) is 3.85. The molecule has 0 spiro atoms. The molecule has 4 rings (SSSR count). The highest BCUT2D eigenvalue weighted by Crippen LogP contribution is 2.29. The van der Waals surface area contributed by atoms with Crippen LogP contribution in [0.15, 0.2) is 54.6 Å². The lowest BCUT2D eigenvalue weighted by Crippen LogP contribution is -2.39. The molecule has 1 aliphatic heterocycles. The Kier molecular flexibility index (Phi) is 4.89. The summed E-state index contributed by atoms with van der Waals surface area (Å²) in [6.07, 6.45) is 1.45. The standard InChI is InChI=1S/C21H21N3O3/c25-13-17(10-14-4-2-1-3-5-14)22-21(26)19-12-18(23-24-19)15-6-7-20-16(11-15)8-9-27-20/h1-7,11-12,17,25H,8-10,13H2,(H,22,26)(H,23,24)/t17-/m0/s1. The Labute approximate surface area is 157 Å². The molecule has 0 bridgehead atoms. The highest BCUT2D eigenvalue weighted by molar-refractivity contribution is 5.93. The number of nitrogens with zero attached hydrogens (tertiary/aromatic N) is 1. The van der Waals surface area contributed by atoms with Crippen LogP contribution in [0, 0.1) is 0 Å². The van der Waals surface area contributed by atoms with Gasteiger partial charge in [0.05, 0.1) is 24.9 Å². The van der Waals surface area contributed by atoms with Crippen molar-refractivity contribution in [2.75, 3.05) is 13.2 Å². The second-order valence-corrected chi connectivity index (χ2v) is 6.63. The summed E-state index contributed by atoms with van der Waals surface area (Å²) in [4.78, 5) is 12.5. The van der Waals surface area contributed by atoms with Gasteiger partial charge in [-0.2, -0.15) is 5.10 Å². The van der Waals surface area contributed by atoms with Gasteiger partial charge in [-0.3, -0.25) is 9.89 Å². The minimum atomic E-state index is -0.358. The maximum absolute atomic E-state index is 12.5. The quantitative estimate of drug-likeness (QED) is 0.627. The third-order valence-electron chi connectivity index (χ3n) is 4.69. The minimum absolute atomic E-state index is 0.132. The van der Waals surface area contributed by atoms with Gasteiger partial charge < -0.3 is 15.2 Å². The second-order valence-electron chi connectivity index (χ2n) is 6.63. The topological polar surface area (TPSA) is 87.2 Å². The summed E-state index contributed by atoms with van der Waals surface area (Å²) in [5.74, 6) is 0.632. The van der Waals surface area contributed by atoms with Crippen LogP contribution in [0.3, 0.4) is 0 Å². The first-order valence-electron chi connectivity index (χ1n) is 9.00. The number of aliphatic hydroxyl groups excluding tert-OH is 1. The number of hydrogen-bond donors (Lipinski definition) is 3. The van der Waals surface area contributed by atoms with Gasteiger partial charge in [0.1, 0.15) is 11.4 Å². The van der Waals surface area contributed by atoms with Gasteiger partial charge in [-0.15, -0.1) is 0 Å². The fourth-order valence-electron chi connectivity index (χ4n) is 3.25. The van der Waals surface area contributed by atoms with E-state index in [1.165, 1.54) is 0 Å². The summed E-state index contributed by atoms with van der Waals surface area (Å²) in [5.41, 5.74) is 4.23. The number of H-pyrrole nitrogens is 1. The molecule has 3 aromatic rings. The first-order chi connectivity index (χ1) is 13.2. The predicted molar refractivity (Wildman–Crippen MR) is 102 cm³/mol. The first kappa shape index (κ1) is 17.3. The Balaban J connectivity index is 1.45. The Bertz CT molecular complexity index is 937. The average molecular weight is 363 g/mol. The van der Waals surface area contributed by atoms with Crippen molar-refractivity contribution in [3.63, 3.8) is 0 Å². The Morgan fingerprint density at radius 3 is 2.89 bits per heavy atom. The number of ether oxygens (including phenoxy) is 1. The van der Waals surface area contributed by atoms with E-state index in [4.69, 9.17) is 4.74 Å². The molecule has 2 aromatic carbocycles. The second kappa shape index (κ2) is 7.63. The van der Waals surface area contributed by atoms with E-state index in [2.05, 4.69) is 15.5 Å². The third-order valence-corrected chi connectivity index (χ3v) is 4.69. The molecule has 6 nitrogen and oxygen atoms in total. The van der Waals surface area contributed by atoms with Crippen molar-refractivity contribution in [3.05, 3.63) is 71.4 Å². The number of aliphatic hydroxyl groups is 1. The molecule has 1 amide bonds. The maximum Gasteiger partial charge on any atom is 0.269 e. The summed E-state index contributed by atoms with van der Waals surface area (Å²) in [6.45, 7) is 0.573. The van der Waals surface area contributed by atoms with Crippen molar-refractivity contribution in [3.8, 4) is 17.0 Å². The summed E-state index contributed by atoms with van der Waals surface area (Å²) >= 11 is 0. The van der Waals surface area contributed by atoms with E-state index in [9.17, 15) is 9.90 Å². The molecule has 3 N–H and O–H groups in total. The van der Waals surface area contributed by atoms with Crippen LogP contribution >= 0.6 is 0 Å². The molecule has 0 aliphatic carbocycles. The van der Waals surface area contributed by atoms with Crippen LogP contribution in [-0.4, -0.2) is 40.5 Å². The number of aromatic nitrogens is 2. The Morgan fingerprint density at radius 1 is 1.22 bits per heavy atom. The zero-order chi connectivity index (χ0) is 18.6. The molecule has 0 unspecified atom stereocenters. The lowest BCUT2D eigenvalue weighted by Gasteiger charge is -2.15. The smallest absolute Gasteiger partial charge is 0.269 e. The fraction of sp³-hybridized carbons (Fsp3) is 0.238. The van der Waals surface area contributed by atoms with Gasteiger partial charge in [-0.1, -0.05) is 30.3 Å². The number of aromatic amines is 1. The molecule has 27 heavy (non-hydrogen) atoms. The number of benzene rings is 2. The van der Waals surface area contributed by atoms with E-state index >= 15 is 0 Å². The Morgan fingerprint density at radius 2 is 2.07 bits per heavy atom. The largest absolute Gasteiger partial charge is 0.493 e. The SMILES string of the molecule is O=C(N[C@H](CO)Cc1ccccc1)c1cc(-c2ccc3c(c2)CCO3)n[nH]1. The lowest BCUT2D eigenvalue weighted by atomic mass is 10.1. The lowest BCUT2D eigenvalue weighted by molar-refractivity contribution is 0.0911. The molecule has 0 saturated heterocycles. The van der Waals surface area contributed by atoms with Crippen LogP contribution in [0.2, 0.25) is 0 Å². The van der Waals surface area contributed by atoms with Crippen LogP contribution in [0.4, 0.5) is 0 Å². The van der Waals surface area contributed by atoms with E-state index in [0.717, 1.165) is 28.9 Å². The highest BCUT2D eigenvalue weighted by atomic mass is 16.5. The minimum Gasteiger partial charge on any atom is -0.493 e. The van der Waals surface area contributed by atoms with Gasteiger partial charge in [0.2, 0.25) is 0 Å². The van der Waals surface area contributed by atoms with Crippen LogP contribution in [0.1, 0.15) is 21.6 Å². The van der Waals surface area contributed by atoms with Gasteiger partial charge in [-0.05, 0) is 41.8 Å². The van der Waals surface area contributed by atoms with Crippen molar-refractivity contribution in [1.29, 1.82) is 0 Å². The van der Waals surface area contributed by atoms with Crippen molar-refractivity contribution in [2.24, 2.45) is 0 Å². The summed E-state index contributed by atoms with van der Waals surface area (Å²) < 4.78 is 5.52. The van der Waals surface area contributed by atoms with Gasteiger partial charge in [0, 0.05) is 12.0 Å². The van der Waals surface area contributed by atoms with Gasteiger partial charge in [-0.25, -0.2) is 0 Å². The number of carbonyl (C=O) groups is 1. The number of nitrogens with one attached hydrogen (secondary N) is 2. The van der Waals surface area contributed by atoms with E-state index in [1.807, 2.05) is 48.5 Å². The van der Waals surface area contributed by atoms with Gasteiger partial charge in [0.25, 0.3) is 5.91 Å². The molecule has 1 atom stereocenters. The normalized spacial score (nSPS) is 13.7. The van der Waals surface area contributed by atoms with E-state index in [-0.39, 0.29) is 18.6 Å². The van der Waals surface area contributed by atoms with Gasteiger partial charge >= 0.3 is 0 Å². The summed E-state index contributed by atoms with van der Waals surface area (Å²) in [5, 5.41) is 19.5. The van der Waals surface area contributed by atoms with E-state index in [0.29, 0.717) is 24.4 Å². The van der Waals surface area contributed by atoms with E-state index < -0.39 is 0 Å². The predicted octanol–water partition coefficient (Wildman–Crippen LogP) is 2.34. The number of hydrogen-bond acceptors (Lipinski definition) is 4. The van der Waals surface area contributed by atoms with Gasteiger partial charge in [0.15, 0.2) is 0 Å². The number of rotatable bonds is 6. The first-order valence-corrected chi connectivity index (χ1v) is 9.00. The molecule has 1 aliphatic rings. The maximum atomic E-state index is 12.5. The van der Waals surface area contributed by atoms with Crippen LogP contribution in [0.25, 0.3) is 11.3 Å². The molecular weight excluding hydrogens is 342 g/mol. The van der Waals surface area contributed by atoms with Crippen molar-refractivity contribution in [2.45, 2.75) is 18.9 Å². The zero-order valence-corrected chi connectivity index (χ0v) is 14.8. The van der Waals surface area contributed by atoms with Crippen molar-refractivity contribution < 1.29 is 14.6 Å². The van der Waals surface area contributed by atoms with Crippen LogP contribution < -0.4 is 10.1 Å².